The van der Waals surface area contributed by atoms with Gasteiger partial charge >= 0.3 is 0 Å². The Morgan fingerprint density at radius 2 is 2.00 bits per heavy atom. The molecule has 2 aromatic carbocycles. The summed E-state index contributed by atoms with van der Waals surface area (Å²) in [7, 11) is 0. The second-order valence-corrected chi connectivity index (χ2v) is 7.42. The molecule has 2 heterocycles. The van der Waals surface area contributed by atoms with Crippen molar-refractivity contribution in [1.29, 1.82) is 0 Å². The highest BCUT2D eigenvalue weighted by atomic mass is 79.9. The number of anilines is 1. The third-order valence-electron chi connectivity index (χ3n) is 3.91. The first kappa shape index (κ1) is 14.9. The number of amides is 1. The molecule has 2 aliphatic heterocycles. The molecule has 1 saturated heterocycles. The maximum atomic E-state index is 12.4. The monoisotopic (exact) mass is 391 g/mol. The van der Waals surface area contributed by atoms with E-state index in [2.05, 4.69) is 15.9 Å². The number of rotatable bonds is 2. The van der Waals surface area contributed by atoms with Gasteiger partial charge in [-0.1, -0.05) is 28.1 Å². The Morgan fingerprint density at radius 1 is 1.22 bits per heavy atom. The van der Waals surface area contributed by atoms with Gasteiger partial charge in [0.1, 0.15) is 5.37 Å². The van der Waals surface area contributed by atoms with Gasteiger partial charge in [0.05, 0.1) is 5.75 Å². The summed E-state index contributed by atoms with van der Waals surface area (Å²) in [6.45, 7) is 2.27. The summed E-state index contributed by atoms with van der Waals surface area (Å²) in [6.07, 6.45) is 0. The van der Waals surface area contributed by atoms with Crippen molar-refractivity contribution < 1.29 is 14.3 Å². The Balaban J connectivity index is 1.77. The summed E-state index contributed by atoms with van der Waals surface area (Å²) in [6, 6.07) is 11.9. The maximum Gasteiger partial charge on any atom is 0.238 e. The van der Waals surface area contributed by atoms with Gasteiger partial charge in [0.15, 0.2) is 11.5 Å². The zero-order valence-corrected chi connectivity index (χ0v) is 14.8. The minimum atomic E-state index is -0.0758. The molecule has 4 rings (SSSR count). The van der Waals surface area contributed by atoms with Gasteiger partial charge < -0.3 is 9.47 Å². The minimum absolute atomic E-state index is 0.0758. The van der Waals surface area contributed by atoms with Crippen LogP contribution in [-0.4, -0.2) is 18.5 Å². The molecule has 0 saturated carbocycles. The van der Waals surface area contributed by atoms with Crippen molar-refractivity contribution >= 4 is 39.3 Å². The zero-order valence-electron chi connectivity index (χ0n) is 12.4. The lowest BCUT2D eigenvalue weighted by Crippen LogP contribution is -2.28. The van der Waals surface area contributed by atoms with E-state index in [1.54, 1.807) is 11.8 Å². The Bertz CT molecular complexity index is 795. The van der Waals surface area contributed by atoms with Gasteiger partial charge in [0.2, 0.25) is 12.7 Å². The Morgan fingerprint density at radius 3 is 2.78 bits per heavy atom. The van der Waals surface area contributed by atoms with E-state index < -0.39 is 0 Å². The number of aryl methyl sites for hydroxylation is 1. The van der Waals surface area contributed by atoms with E-state index in [1.807, 2.05) is 48.2 Å². The van der Waals surface area contributed by atoms with Crippen LogP contribution in [0.15, 0.2) is 40.9 Å². The summed E-state index contributed by atoms with van der Waals surface area (Å²) < 4.78 is 11.8. The first-order chi connectivity index (χ1) is 11.1. The quantitative estimate of drug-likeness (QED) is 0.766. The van der Waals surface area contributed by atoms with Gasteiger partial charge in [-0.05, 0) is 36.8 Å². The predicted molar refractivity (Wildman–Crippen MR) is 94.1 cm³/mol. The summed E-state index contributed by atoms with van der Waals surface area (Å²) >= 11 is 5.23. The van der Waals surface area contributed by atoms with Gasteiger partial charge in [0.25, 0.3) is 0 Å². The maximum absolute atomic E-state index is 12.4. The normalized spacial score (nSPS) is 19.5. The Hall–Kier alpha value is -1.66. The number of carbonyl (C=O) groups excluding carboxylic acids is 1. The van der Waals surface area contributed by atoms with Crippen LogP contribution in [0, 0.1) is 6.92 Å². The van der Waals surface area contributed by atoms with Crippen molar-refractivity contribution in [1.82, 2.24) is 0 Å². The standard InChI is InChI=1S/C17H14BrNO3S/c1-10-3-2-4-11(5-10)19-16(20)8-23-17(19)12-6-14-15(7-13(12)18)22-9-21-14/h2-7,17H,8-9H2,1H3. The van der Waals surface area contributed by atoms with E-state index in [-0.39, 0.29) is 18.1 Å². The number of fused-ring (bicyclic) bond motifs is 1. The molecule has 1 unspecified atom stereocenters. The van der Waals surface area contributed by atoms with Crippen LogP contribution >= 0.6 is 27.7 Å². The average Bonchev–Trinajstić information content (AvgIpc) is 3.12. The minimum Gasteiger partial charge on any atom is -0.454 e. The van der Waals surface area contributed by atoms with Crippen molar-refractivity contribution in [2.24, 2.45) is 0 Å². The Labute approximate surface area is 146 Å². The van der Waals surface area contributed by atoms with Crippen molar-refractivity contribution in [3.05, 3.63) is 52.0 Å². The number of hydrogen-bond acceptors (Lipinski definition) is 4. The number of carbonyl (C=O) groups is 1. The van der Waals surface area contributed by atoms with E-state index >= 15 is 0 Å². The largest absolute Gasteiger partial charge is 0.454 e. The molecule has 0 bridgehead atoms. The molecule has 0 radical (unpaired) electrons. The molecule has 23 heavy (non-hydrogen) atoms. The number of ether oxygens (including phenoxy) is 2. The second kappa shape index (κ2) is 5.76. The number of halogens is 1. The van der Waals surface area contributed by atoms with E-state index in [1.165, 1.54) is 0 Å². The van der Waals surface area contributed by atoms with Gasteiger partial charge in [-0.15, -0.1) is 11.8 Å². The van der Waals surface area contributed by atoms with Crippen molar-refractivity contribution in [3.8, 4) is 11.5 Å². The third-order valence-corrected chi connectivity index (χ3v) is 5.79. The highest BCUT2D eigenvalue weighted by Gasteiger charge is 2.36. The van der Waals surface area contributed by atoms with Crippen LogP contribution in [0.25, 0.3) is 0 Å². The molecule has 1 fully saturated rings. The fraction of sp³-hybridized carbons (Fsp3) is 0.235. The van der Waals surface area contributed by atoms with Crippen LogP contribution < -0.4 is 14.4 Å². The van der Waals surface area contributed by atoms with Gasteiger partial charge in [-0.3, -0.25) is 9.69 Å². The van der Waals surface area contributed by atoms with E-state index in [4.69, 9.17) is 9.47 Å². The van der Waals surface area contributed by atoms with Gasteiger partial charge in [0, 0.05) is 15.7 Å². The predicted octanol–water partition coefficient (Wildman–Crippen LogP) is 4.26. The van der Waals surface area contributed by atoms with Gasteiger partial charge in [-0.25, -0.2) is 0 Å². The van der Waals surface area contributed by atoms with E-state index in [0.717, 1.165) is 32.8 Å². The van der Waals surface area contributed by atoms with Crippen LogP contribution in [0.5, 0.6) is 11.5 Å². The SMILES string of the molecule is Cc1cccc(N2C(=O)CSC2c2cc3c(cc2Br)OCO3)c1. The Kier molecular flexibility index (Phi) is 3.73. The van der Waals surface area contributed by atoms with Crippen LogP contribution in [0.4, 0.5) is 5.69 Å². The van der Waals surface area contributed by atoms with Crippen molar-refractivity contribution in [2.75, 3.05) is 17.4 Å². The summed E-state index contributed by atoms with van der Waals surface area (Å²) in [5.41, 5.74) is 3.08. The molecular formula is C17H14BrNO3S. The lowest BCUT2D eigenvalue weighted by molar-refractivity contribution is -0.115. The molecule has 2 aliphatic rings. The molecule has 0 aliphatic carbocycles. The first-order valence-electron chi connectivity index (χ1n) is 7.23. The average molecular weight is 392 g/mol. The molecule has 4 nitrogen and oxygen atoms in total. The second-order valence-electron chi connectivity index (χ2n) is 5.49. The van der Waals surface area contributed by atoms with Crippen LogP contribution in [0.1, 0.15) is 16.5 Å². The highest BCUT2D eigenvalue weighted by Crippen LogP contribution is 2.47. The topological polar surface area (TPSA) is 38.8 Å². The van der Waals surface area contributed by atoms with E-state index in [9.17, 15) is 4.79 Å². The van der Waals surface area contributed by atoms with Crippen molar-refractivity contribution in [2.45, 2.75) is 12.3 Å². The molecule has 0 spiro atoms. The summed E-state index contributed by atoms with van der Waals surface area (Å²) in [5, 5.41) is -0.0758. The van der Waals surface area contributed by atoms with Crippen LogP contribution in [0.3, 0.4) is 0 Å². The lowest BCUT2D eigenvalue weighted by Gasteiger charge is -2.25. The lowest BCUT2D eigenvalue weighted by atomic mass is 10.1. The number of benzene rings is 2. The van der Waals surface area contributed by atoms with E-state index in [0.29, 0.717) is 5.75 Å². The fourth-order valence-electron chi connectivity index (χ4n) is 2.83. The number of thioether (sulfide) groups is 1. The molecule has 118 valence electrons. The molecule has 1 atom stereocenters. The number of nitrogens with zero attached hydrogens (tertiary/aromatic N) is 1. The van der Waals surface area contributed by atoms with Crippen LogP contribution in [-0.2, 0) is 4.79 Å². The van der Waals surface area contributed by atoms with Crippen LogP contribution in [0.2, 0.25) is 0 Å². The smallest absolute Gasteiger partial charge is 0.238 e. The van der Waals surface area contributed by atoms with Gasteiger partial charge in [-0.2, -0.15) is 0 Å². The molecule has 6 heteroatoms. The number of hydrogen-bond donors (Lipinski definition) is 0. The molecule has 0 aromatic heterocycles. The molecule has 1 amide bonds. The summed E-state index contributed by atoms with van der Waals surface area (Å²) in [4.78, 5) is 14.3. The fourth-order valence-corrected chi connectivity index (χ4v) is 4.73. The highest BCUT2D eigenvalue weighted by molar-refractivity contribution is 9.10. The molecular weight excluding hydrogens is 378 g/mol. The molecule has 2 aromatic rings. The molecule has 0 N–H and O–H groups in total. The summed E-state index contributed by atoms with van der Waals surface area (Å²) in [5.74, 6) is 2.05. The third kappa shape index (κ3) is 2.60. The first-order valence-corrected chi connectivity index (χ1v) is 9.07. The zero-order chi connectivity index (χ0) is 16.0. The van der Waals surface area contributed by atoms with Crippen molar-refractivity contribution in [3.63, 3.8) is 0 Å².